The third-order valence-corrected chi connectivity index (χ3v) is 10.4. The fourth-order valence-electron chi connectivity index (χ4n) is 7.87. The first kappa shape index (κ1) is 30.2. The molecule has 240 valence electrons. The molecule has 1 heteroatoms. The highest BCUT2D eigenvalue weighted by Gasteiger charge is 2.20. The number of aryl methyl sites for hydroxylation is 1. The van der Waals surface area contributed by atoms with Crippen LogP contribution in [0.5, 0.6) is 0 Å². The summed E-state index contributed by atoms with van der Waals surface area (Å²) in [5, 5.41) is 7.69. The average Bonchev–Trinajstić information content (AvgIpc) is 3.48. The van der Waals surface area contributed by atoms with E-state index < -0.39 is 0 Å². The number of aromatic nitrogens is 1. The molecule has 0 bridgehead atoms. The van der Waals surface area contributed by atoms with Gasteiger partial charge in [-0.2, -0.15) is 0 Å². The maximum absolute atomic E-state index is 2.42. The van der Waals surface area contributed by atoms with E-state index in [1.807, 2.05) is 0 Å². The van der Waals surface area contributed by atoms with Crippen molar-refractivity contribution in [2.24, 2.45) is 0 Å². The Kier molecular flexibility index (Phi) is 7.00. The number of nitrogens with zero attached hydrogens (tertiary/aromatic N) is 1. The molecule has 0 unspecified atom stereocenters. The van der Waals surface area contributed by atoms with Crippen LogP contribution in [0.4, 0.5) is 0 Å². The number of rotatable bonds is 4. The van der Waals surface area contributed by atoms with E-state index >= 15 is 0 Å². The lowest BCUT2D eigenvalue weighted by Gasteiger charge is -2.19. The zero-order chi connectivity index (χ0) is 34.0. The third kappa shape index (κ3) is 4.92. The van der Waals surface area contributed by atoms with Gasteiger partial charge in [-0.25, -0.2) is 0 Å². The minimum atomic E-state index is 0.0876. The van der Waals surface area contributed by atoms with E-state index in [0.717, 1.165) is 0 Å². The summed E-state index contributed by atoms with van der Waals surface area (Å²) >= 11 is 0. The predicted molar refractivity (Wildman–Crippen MR) is 216 cm³/mol. The lowest BCUT2D eigenvalue weighted by Crippen LogP contribution is -2.10. The first-order chi connectivity index (χ1) is 24.3. The fraction of sp³-hybridized carbons (Fsp3) is 0.102. The van der Waals surface area contributed by atoms with Crippen molar-refractivity contribution in [2.45, 2.75) is 33.1 Å². The number of para-hydroxylation sites is 1. The molecule has 0 aliphatic heterocycles. The summed E-state index contributed by atoms with van der Waals surface area (Å²) in [7, 11) is 0. The lowest BCUT2D eigenvalue weighted by molar-refractivity contribution is 0.591. The molecule has 1 heterocycles. The van der Waals surface area contributed by atoms with Gasteiger partial charge in [0.15, 0.2) is 0 Å². The molecule has 0 spiro atoms. The Morgan fingerprint density at radius 1 is 0.380 bits per heavy atom. The molecular weight excluding hydrogens is 603 g/mol. The van der Waals surface area contributed by atoms with Gasteiger partial charge < -0.3 is 4.57 Å². The van der Waals surface area contributed by atoms with E-state index in [0.29, 0.717) is 0 Å². The molecule has 0 saturated heterocycles. The van der Waals surface area contributed by atoms with Crippen molar-refractivity contribution >= 4 is 43.4 Å². The normalized spacial score (nSPS) is 12.0. The van der Waals surface area contributed by atoms with Crippen molar-refractivity contribution in [1.29, 1.82) is 0 Å². The second kappa shape index (κ2) is 11.6. The highest BCUT2D eigenvalue weighted by atomic mass is 15.0. The lowest BCUT2D eigenvalue weighted by atomic mass is 9.85. The standard InChI is InChI=1S/C49H39N/c1-32-18-28-42-44(30-32)48(35-21-19-34(20-22-35)33-12-6-5-7-13-33)41-16-9-8-15-40(41)47(42)36-23-26-38(27-24-36)50-45-17-11-10-14-39(45)43-31-37(49(2,3)4)25-29-46(43)50/h5-31H,1-4H3. The van der Waals surface area contributed by atoms with Crippen molar-refractivity contribution in [2.75, 3.05) is 0 Å². The number of fused-ring (bicyclic) bond motifs is 5. The summed E-state index contributed by atoms with van der Waals surface area (Å²) in [6.07, 6.45) is 0. The van der Waals surface area contributed by atoms with Gasteiger partial charge >= 0.3 is 0 Å². The van der Waals surface area contributed by atoms with Crippen LogP contribution >= 0.6 is 0 Å². The number of benzene rings is 8. The Morgan fingerprint density at radius 2 is 0.900 bits per heavy atom. The predicted octanol–water partition coefficient (Wildman–Crippen LogP) is 13.7. The molecule has 0 radical (unpaired) electrons. The van der Waals surface area contributed by atoms with Crippen LogP contribution in [0, 0.1) is 6.92 Å². The third-order valence-electron chi connectivity index (χ3n) is 10.4. The van der Waals surface area contributed by atoms with Crippen molar-refractivity contribution in [3.8, 4) is 39.1 Å². The Hall–Kier alpha value is -5.92. The Bertz CT molecular complexity index is 2700. The van der Waals surface area contributed by atoms with Crippen molar-refractivity contribution < 1.29 is 0 Å². The second-order valence-electron chi connectivity index (χ2n) is 14.7. The van der Waals surface area contributed by atoms with E-state index in [4.69, 9.17) is 0 Å². The molecule has 50 heavy (non-hydrogen) atoms. The van der Waals surface area contributed by atoms with Crippen LogP contribution in [0.1, 0.15) is 31.9 Å². The van der Waals surface area contributed by atoms with Gasteiger partial charge in [-0.05, 0) is 103 Å². The van der Waals surface area contributed by atoms with E-state index in [2.05, 4.69) is 196 Å². The van der Waals surface area contributed by atoms with Gasteiger partial charge in [-0.3, -0.25) is 0 Å². The van der Waals surface area contributed by atoms with Crippen LogP contribution in [0.2, 0.25) is 0 Å². The first-order valence-electron chi connectivity index (χ1n) is 17.6. The second-order valence-corrected chi connectivity index (χ2v) is 14.7. The summed E-state index contributed by atoms with van der Waals surface area (Å²) in [6, 6.07) is 60.6. The van der Waals surface area contributed by atoms with E-state index in [1.54, 1.807) is 0 Å². The number of hydrogen-bond acceptors (Lipinski definition) is 0. The van der Waals surface area contributed by atoms with Crippen LogP contribution in [-0.2, 0) is 5.41 Å². The molecule has 0 fully saturated rings. The highest BCUT2D eigenvalue weighted by Crippen LogP contribution is 2.45. The molecule has 0 aliphatic rings. The maximum atomic E-state index is 2.42. The highest BCUT2D eigenvalue weighted by molar-refractivity contribution is 6.21. The fourth-order valence-corrected chi connectivity index (χ4v) is 7.87. The molecule has 0 N–H and O–H groups in total. The molecule has 0 aliphatic carbocycles. The van der Waals surface area contributed by atoms with Crippen LogP contribution in [-0.4, -0.2) is 4.57 Å². The van der Waals surface area contributed by atoms with E-state index in [-0.39, 0.29) is 5.41 Å². The zero-order valence-corrected chi connectivity index (χ0v) is 29.0. The van der Waals surface area contributed by atoms with E-state index in [9.17, 15) is 0 Å². The van der Waals surface area contributed by atoms with Gasteiger partial charge in [-0.1, -0.05) is 160 Å². The first-order valence-corrected chi connectivity index (χ1v) is 17.6. The minimum absolute atomic E-state index is 0.0876. The minimum Gasteiger partial charge on any atom is -0.309 e. The van der Waals surface area contributed by atoms with Crippen LogP contribution in [0.25, 0.3) is 82.4 Å². The summed E-state index contributed by atoms with van der Waals surface area (Å²) in [5.41, 5.74) is 13.8. The largest absolute Gasteiger partial charge is 0.309 e. The summed E-state index contributed by atoms with van der Waals surface area (Å²) in [6.45, 7) is 9.06. The van der Waals surface area contributed by atoms with Crippen molar-refractivity contribution in [3.05, 3.63) is 175 Å². The van der Waals surface area contributed by atoms with Crippen LogP contribution in [0.3, 0.4) is 0 Å². The molecule has 0 saturated carbocycles. The summed E-state index contributed by atoms with van der Waals surface area (Å²) in [4.78, 5) is 0. The van der Waals surface area contributed by atoms with Crippen LogP contribution in [0.15, 0.2) is 164 Å². The molecule has 9 rings (SSSR count). The maximum Gasteiger partial charge on any atom is 0.0541 e. The van der Waals surface area contributed by atoms with Crippen LogP contribution < -0.4 is 0 Å². The summed E-state index contributed by atoms with van der Waals surface area (Å²) in [5.74, 6) is 0. The topological polar surface area (TPSA) is 4.93 Å². The Morgan fingerprint density at radius 3 is 1.58 bits per heavy atom. The quantitative estimate of drug-likeness (QED) is 0.169. The zero-order valence-electron chi connectivity index (χ0n) is 29.0. The molecular formula is C49H39N. The van der Waals surface area contributed by atoms with Gasteiger partial charge in [0.2, 0.25) is 0 Å². The number of hydrogen-bond donors (Lipinski definition) is 0. The molecule has 8 aromatic carbocycles. The van der Waals surface area contributed by atoms with Crippen molar-refractivity contribution in [3.63, 3.8) is 0 Å². The molecule has 9 aromatic rings. The monoisotopic (exact) mass is 641 g/mol. The van der Waals surface area contributed by atoms with Gasteiger partial charge in [-0.15, -0.1) is 0 Å². The van der Waals surface area contributed by atoms with Gasteiger partial charge in [0, 0.05) is 16.5 Å². The smallest absolute Gasteiger partial charge is 0.0541 e. The summed E-state index contributed by atoms with van der Waals surface area (Å²) < 4.78 is 2.42. The molecule has 1 nitrogen and oxygen atoms in total. The Labute approximate surface area is 294 Å². The van der Waals surface area contributed by atoms with E-state index in [1.165, 1.54) is 93.5 Å². The van der Waals surface area contributed by atoms with Gasteiger partial charge in [0.1, 0.15) is 0 Å². The Balaban J connectivity index is 1.22. The van der Waals surface area contributed by atoms with Crippen molar-refractivity contribution in [1.82, 2.24) is 4.57 Å². The molecule has 1 aromatic heterocycles. The van der Waals surface area contributed by atoms with Gasteiger partial charge in [0.25, 0.3) is 0 Å². The SMILES string of the molecule is Cc1ccc2c(-c3ccc(-n4c5ccccc5c5cc(C(C)(C)C)ccc54)cc3)c3ccccc3c(-c3ccc(-c4ccccc4)cc3)c2c1. The molecule has 0 amide bonds. The average molecular weight is 642 g/mol. The van der Waals surface area contributed by atoms with Gasteiger partial charge in [0.05, 0.1) is 11.0 Å². The molecule has 0 atom stereocenters.